The predicted octanol–water partition coefficient (Wildman–Crippen LogP) is 5.67. The number of benzene rings is 2. The van der Waals surface area contributed by atoms with Gasteiger partial charge in [0, 0.05) is 23.9 Å². The number of carbonyl (C=O) groups is 2. The van der Waals surface area contributed by atoms with E-state index in [1.807, 2.05) is 6.07 Å². The normalized spacial score (nSPS) is 17.0. The van der Waals surface area contributed by atoms with Gasteiger partial charge in [0.2, 0.25) is 0 Å². The third kappa shape index (κ3) is 5.95. The molecule has 4 aromatic rings. The first kappa shape index (κ1) is 26.8. The molecule has 39 heavy (non-hydrogen) atoms. The molecule has 1 aliphatic rings. The van der Waals surface area contributed by atoms with Crippen molar-refractivity contribution in [2.75, 3.05) is 5.32 Å². The monoisotopic (exact) mass is 567 g/mol. The fourth-order valence-electron chi connectivity index (χ4n) is 4.50. The van der Waals surface area contributed by atoms with E-state index in [1.54, 1.807) is 24.3 Å². The summed E-state index contributed by atoms with van der Waals surface area (Å²) in [5, 5.41) is 20.1. The van der Waals surface area contributed by atoms with Crippen LogP contribution in [0.2, 0.25) is 10.0 Å². The van der Waals surface area contributed by atoms with Crippen LogP contribution in [0.3, 0.4) is 0 Å². The molecule has 0 saturated heterocycles. The van der Waals surface area contributed by atoms with Crippen LogP contribution in [0.25, 0.3) is 16.9 Å². The van der Waals surface area contributed by atoms with Gasteiger partial charge < -0.3 is 15.7 Å². The Morgan fingerprint density at radius 2 is 1.69 bits per heavy atom. The Bertz CT molecular complexity index is 1520. The molecular formula is C28H24Cl2FN5O3. The minimum Gasteiger partial charge on any atom is -0.393 e. The summed E-state index contributed by atoms with van der Waals surface area (Å²) in [4.78, 5) is 30.5. The highest BCUT2D eigenvalue weighted by Crippen LogP contribution is 2.34. The van der Waals surface area contributed by atoms with Crippen LogP contribution in [0.15, 0.2) is 66.9 Å². The zero-order valence-corrected chi connectivity index (χ0v) is 22.1. The number of carbonyl (C=O) groups excluding carboxylic acids is 2. The number of aliphatic hydroxyl groups excluding tert-OH is 1. The Kier molecular flexibility index (Phi) is 7.92. The Morgan fingerprint density at radius 3 is 2.41 bits per heavy atom. The molecule has 0 aliphatic heterocycles. The molecule has 5 rings (SSSR count). The van der Waals surface area contributed by atoms with Crippen molar-refractivity contribution in [3.05, 3.63) is 94.0 Å². The minimum absolute atomic E-state index is 0.0169. The van der Waals surface area contributed by atoms with Gasteiger partial charge in [-0.2, -0.15) is 5.10 Å². The molecule has 0 spiro atoms. The summed E-state index contributed by atoms with van der Waals surface area (Å²) in [7, 11) is 0. The van der Waals surface area contributed by atoms with Crippen molar-refractivity contribution in [2.45, 2.75) is 37.8 Å². The summed E-state index contributed by atoms with van der Waals surface area (Å²) in [5.74, 6) is -1.37. The first-order chi connectivity index (χ1) is 18.8. The molecular weight excluding hydrogens is 544 g/mol. The smallest absolute Gasteiger partial charge is 0.272 e. The Morgan fingerprint density at radius 1 is 0.949 bits per heavy atom. The van der Waals surface area contributed by atoms with Gasteiger partial charge in [-0.25, -0.2) is 9.07 Å². The number of aromatic nitrogens is 3. The number of nitrogens with one attached hydrogen (secondary N) is 2. The Hall–Kier alpha value is -3.79. The summed E-state index contributed by atoms with van der Waals surface area (Å²) in [6.45, 7) is 0. The molecule has 1 fully saturated rings. The highest BCUT2D eigenvalue weighted by atomic mass is 35.5. The second-order valence-corrected chi connectivity index (χ2v) is 10.1. The maximum atomic E-state index is 14.4. The third-order valence-corrected chi connectivity index (χ3v) is 7.16. The van der Waals surface area contributed by atoms with Gasteiger partial charge in [-0.3, -0.25) is 14.6 Å². The van der Waals surface area contributed by atoms with Crippen molar-refractivity contribution < 1.29 is 19.1 Å². The second kappa shape index (κ2) is 11.5. The van der Waals surface area contributed by atoms with E-state index in [-0.39, 0.29) is 56.4 Å². The van der Waals surface area contributed by atoms with Gasteiger partial charge in [0.15, 0.2) is 5.69 Å². The molecule has 2 heterocycles. The number of halogens is 3. The Labute approximate surface area is 233 Å². The van der Waals surface area contributed by atoms with Crippen molar-refractivity contribution in [1.82, 2.24) is 20.1 Å². The van der Waals surface area contributed by atoms with Gasteiger partial charge in [-0.15, -0.1) is 0 Å². The van der Waals surface area contributed by atoms with Crippen molar-refractivity contribution >= 4 is 40.8 Å². The maximum absolute atomic E-state index is 14.4. The van der Waals surface area contributed by atoms with Crippen LogP contribution < -0.4 is 10.6 Å². The molecule has 0 bridgehead atoms. The van der Waals surface area contributed by atoms with Gasteiger partial charge in [0.25, 0.3) is 11.8 Å². The summed E-state index contributed by atoms with van der Waals surface area (Å²) < 4.78 is 15.9. The SMILES string of the molecule is O=C(NC1CCC(O)CC1)c1cc(NC(=O)c2cc(-c3ncccc3F)c(Cl)cc2Cl)n(-c2ccccc2)n1. The summed E-state index contributed by atoms with van der Waals surface area (Å²) in [5.41, 5.74) is 0.953. The number of hydrogen-bond donors (Lipinski definition) is 3. The Balaban J connectivity index is 1.45. The number of hydrogen-bond acceptors (Lipinski definition) is 5. The van der Waals surface area contributed by atoms with E-state index in [1.165, 1.54) is 41.2 Å². The lowest BCUT2D eigenvalue weighted by Gasteiger charge is -2.25. The predicted molar refractivity (Wildman–Crippen MR) is 147 cm³/mol. The first-order valence-electron chi connectivity index (χ1n) is 12.4. The topological polar surface area (TPSA) is 109 Å². The van der Waals surface area contributed by atoms with Crippen LogP contribution in [0, 0.1) is 5.82 Å². The number of nitrogens with zero attached hydrogens (tertiary/aromatic N) is 3. The molecule has 8 nitrogen and oxygen atoms in total. The molecule has 0 radical (unpaired) electrons. The van der Waals surface area contributed by atoms with Gasteiger partial charge in [0.1, 0.15) is 17.3 Å². The number of amides is 2. The van der Waals surface area contributed by atoms with Crippen LogP contribution in [0.5, 0.6) is 0 Å². The number of aliphatic hydroxyl groups is 1. The molecule has 2 aromatic heterocycles. The number of para-hydroxylation sites is 1. The summed E-state index contributed by atoms with van der Waals surface area (Å²) >= 11 is 12.7. The van der Waals surface area contributed by atoms with Crippen molar-refractivity contribution in [3.8, 4) is 16.9 Å². The van der Waals surface area contributed by atoms with E-state index < -0.39 is 11.7 Å². The average molecular weight is 568 g/mol. The van der Waals surface area contributed by atoms with Crippen molar-refractivity contribution in [1.29, 1.82) is 0 Å². The van der Waals surface area contributed by atoms with Crippen LogP contribution in [-0.2, 0) is 0 Å². The number of rotatable bonds is 6. The van der Waals surface area contributed by atoms with E-state index >= 15 is 0 Å². The zero-order chi connectivity index (χ0) is 27.5. The zero-order valence-electron chi connectivity index (χ0n) is 20.6. The largest absolute Gasteiger partial charge is 0.393 e. The fraction of sp³-hybridized carbons (Fsp3) is 0.214. The second-order valence-electron chi connectivity index (χ2n) is 9.24. The van der Waals surface area contributed by atoms with Gasteiger partial charge in [0.05, 0.1) is 27.4 Å². The quantitative estimate of drug-likeness (QED) is 0.278. The van der Waals surface area contributed by atoms with Gasteiger partial charge in [-0.05, 0) is 62.1 Å². The summed E-state index contributed by atoms with van der Waals surface area (Å²) in [6, 6.07) is 15.8. The lowest BCUT2D eigenvalue weighted by atomic mass is 9.93. The van der Waals surface area contributed by atoms with E-state index in [0.29, 0.717) is 31.4 Å². The highest BCUT2D eigenvalue weighted by Gasteiger charge is 2.25. The van der Waals surface area contributed by atoms with Crippen LogP contribution in [-0.4, -0.2) is 43.8 Å². The van der Waals surface area contributed by atoms with Crippen LogP contribution in [0.4, 0.5) is 10.2 Å². The number of anilines is 1. The molecule has 3 N–H and O–H groups in total. The standard InChI is InChI=1S/C28H24Cl2FN5O3/c29-21-14-22(30)20(13-19(21)26-23(31)7-4-12-32-26)27(38)34-25-15-24(35-36(25)17-5-2-1-3-6-17)28(39)33-16-8-10-18(37)11-9-16/h1-7,12-16,18,37H,8-11H2,(H,33,39)(H,34,38). The summed E-state index contributed by atoms with van der Waals surface area (Å²) in [6.07, 6.45) is 3.66. The molecule has 0 atom stereocenters. The molecule has 200 valence electrons. The average Bonchev–Trinajstić information content (AvgIpc) is 3.35. The fourth-order valence-corrected chi connectivity index (χ4v) is 5.06. The minimum atomic E-state index is -0.612. The first-order valence-corrected chi connectivity index (χ1v) is 13.1. The molecule has 2 amide bonds. The highest BCUT2D eigenvalue weighted by molar-refractivity contribution is 6.38. The lowest BCUT2D eigenvalue weighted by molar-refractivity contribution is 0.0862. The van der Waals surface area contributed by atoms with Crippen LogP contribution >= 0.6 is 23.2 Å². The van der Waals surface area contributed by atoms with Gasteiger partial charge >= 0.3 is 0 Å². The molecule has 1 saturated carbocycles. The molecule has 2 aromatic carbocycles. The molecule has 1 aliphatic carbocycles. The molecule has 11 heteroatoms. The van der Waals surface area contributed by atoms with Gasteiger partial charge in [-0.1, -0.05) is 41.4 Å². The molecule has 0 unspecified atom stereocenters. The van der Waals surface area contributed by atoms with Crippen molar-refractivity contribution in [2.24, 2.45) is 0 Å². The number of pyridine rings is 1. The van der Waals surface area contributed by atoms with E-state index in [0.717, 1.165) is 0 Å². The lowest BCUT2D eigenvalue weighted by Crippen LogP contribution is -2.38. The van der Waals surface area contributed by atoms with E-state index in [4.69, 9.17) is 23.2 Å². The van der Waals surface area contributed by atoms with E-state index in [2.05, 4.69) is 20.7 Å². The van der Waals surface area contributed by atoms with E-state index in [9.17, 15) is 19.1 Å². The third-order valence-electron chi connectivity index (χ3n) is 6.53. The maximum Gasteiger partial charge on any atom is 0.272 e. The van der Waals surface area contributed by atoms with Crippen molar-refractivity contribution in [3.63, 3.8) is 0 Å². The van der Waals surface area contributed by atoms with Crippen LogP contribution in [0.1, 0.15) is 46.5 Å².